The maximum atomic E-state index is 8.33. The summed E-state index contributed by atoms with van der Waals surface area (Å²) >= 11 is 0. The molecule has 0 amide bonds. The van der Waals surface area contributed by atoms with E-state index in [9.17, 15) is 0 Å². The van der Waals surface area contributed by atoms with Crippen LogP contribution in [-0.4, -0.2) is 13.2 Å². The van der Waals surface area contributed by atoms with Gasteiger partial charge in [0.15, 0.2) is 0 Å². The third-order valence-electron chi connectivity index (χ3n) is 7.07. The Bertz CT molecular complexity index is 496. The van der Waals surface area contributed by atoms with E-state index in [0.717, 1.165) is 30.1 Å². The number of fused-ring (bicyclic) bond motifs is 1. The Morgan fingerprint density at radius 1 is 0.643 bits per heavy atom. The summed E-state index contributed by atoms with van der Waals surface area (Å²) in [5.74, 6) is 2.19. The van der Waals surface area contributed by atoms with Gasteiger partial charge in [-0.05, 0) is 49.4 Å². The van der Waals surface area contributed by atoms with Crippen molar-refractivity contribution in [2.24, 2.45) is 17.3 Å². The summed E-state index contributed by atoms with van der Waals surface area (Å²) in [6.45, 7) is 1.20. The zero-order valence-corrected chi connectivity index (χ0v) is 17.8. The highest BCUT2D eigenvalue weighted by Gasteiger charge is 2.76. The highest BCUT2D eigenvalue weighted by Crippen LogP contribution is 2.83. The molecule has 2 saturated carbocycles. The predicted octanol–water partition coefficient (Wildman–Crippen LogP) is 6.86. The first kappa shape index (κ1) is 22.9. The number of nitriles is 2. The molecule has 0 N–H and O–H groups in total. The van der Waals surface area contributed by atoms with Crippen molar-refractivity contribution < 1.29 is 9.47 Å². The fraction of sp³-hybridized carbons (Fsp3) is 0.917. The van der Waals surface area contributed by atoms with E-state index in [1.807, 2.05) is 0 Å². The number of unbranched alkanes of at least 4 members (excludes halogenated alkanes) is 12. The third-order valence-corrected chi connectivity index (χ3v) is 7.07. The molecule has 2 aliphatic carbocycles. The van der Waals surface area contributed by atoms with E-state index in [0.29, 0.717) is 13.2 Å². The Kier molecular flexibility index (Phi) is 11.2. The van der Waals surface area contributed by atoms with Crippen LogP contribution in [0.1, 0.15) is 109 Å². The van der Waals surface area contributed by atoms with Crippen LogP contribution in [0.15, 0.2) is 0 Å². The molecule has 2 fully saturated rings. The lowest BCUT2D eigenvalue weighted by Crippen LogP contribution is -2.00. The largest absolute Gasteiger partial charge is 0.428 e. The smallest absolute Gasteiger partial charge is 0.286 e. The van der Waals surface area contributed by atoms with E-state index in [2.05, 4.69) is 4.74 Å². The van der Waals surface area contributed by atoms with Crippen LogP contribution >= 0.6 is 0 Å². The molecular weight excluding hydrogens is 348 g/mol. The van der Waals surface area contributed by atoms with E-state index in [4.69, 9.17) is 15.3 Å². The molecule has 3 unspecified atom stereocenters. The quantitative estimate of drug-likeness (QED) is 0.169. The van der Waals surface area contributed by atoms with Crippen LogP contribution in [0.5, 0.6) is 0 Å². The van der Waals surface area contributed by atoms with Gasteiger partial charge in [-0.25, -0.2) is 0 Å². The van der Waals surface area contributed by atoms with Crippen molar-refractivity contribution in [1.29, 1.82) is 10.5 Å². The second-order valence-corrected chi connectivity index (χ2v) is 9.02. The molecule has 0 saturated heterocycles. The second-order valence-electron chi connectivity index (χ2n) is 9.02. The van der Waals surface area contributed by atoms with E-state index >= 15 is 0 Å². The molecule has 2 rings (SSSR count). The Balaban J connectivity index is 1.29. The lowest BCUT2D eigenvalue weighted by Gasteiger charge is -2.11. The van der Waals surface area contributed by atoms with Crippen molar-refractivity contribution in [1.82, 2.24) is 0 Å². The molecule has 0 heterocycles. The maximum absolute atomic E-state index is 8.33. The fourth-order valence-corrected chi connectivity index (χ4v) is 5.14. The van der Waals surface area contributed by atoms with Gasteiger partial charge in [0.05, 0.1) is 0 Å². The van der Waals surface area contributed by atoms with Gasteiger partial charge in [-0.1, -0.05) is 77.0 Å². The van der Waals surface area contributed by atoms with Crippen molar-refractivity contribution in [2.75, 3.05) is 13.2 Å². The first-order valence-electron chi connectivity index (χ1n) is 11.9. The van der Waals surface area contributed by atoms with Gasteiger partial charge in [-0.2, -0.15) is 10.5 Å². The molecule has 158 valence electrons. The lowest BCUT2D eigenvalue weighted by molar-refractivity contribution is 0.259. The SMILES string of the molecule is N#COCCCCCCCCCCCCC1C2CC12CCCCCCOC#N. The zero-order chi connectivity index (χ0) is 19.9. The normalized spacial score (nSPS) is 24.1. The van der Waals surface area contributed by atoms with Gasteiger partial charge in [-0.3, -0.25) is 0 Å². The summed E-state index contributed by atoms with van der Waals surface area (Å²) in [6, 6.07) is 0. The predicted molar refractivity (Wildman–Crippen MR) is 111 cm³/mol. The minimum absolute atomic E-state index is 0.596. The monoisotopic (exact) mass is 388 g/mol. The molecule has 0 aromatic carbocycles. The Labute approximate surface area is 172 Å². The van der Waals surface area contributed by atoms with E-state index in [-0.39, 0.29) is 0 Å². The number of hydrogen-bond acceptors (Lipinski definition) is 4. The average molecular weight is 389 g/mol. The average Bonchev–Trinajstić information content (AvgIpc) is 3.57. The van der Waals surface area contributed by atoms with Gasteiger partial charge in [-0.15, -0.1) is 0 Å². The summed E-state index contributed by atoms with van der Waals surface area (Å²) in [4.78, 5) is 0. The van der Waals surface area contributed by atoms with Crippen LogP contribution in [0, 0.1) is 40.3 Å². The molecule has 3 atom stereocenters. The van der Waals surface area contributed by atoms with Gasteiger partial charge in [0.2, 0.25) is 0 Å². The Hall–Kier alpha value is -1.42. The minimum Gasteiger partial charge on any atom is -0.428 e. The molecule has 0 aliphatic heterocycles. The Morgan fingerprint density at radius 2 is 1.11 bits per heavy atom. The van der Waals surface area contributed by atoms with Gasteiger partial charge in [0.25, 0.3) is 12.5 Å². The minimum atomic E-state index is 0.596. The van der Waals surface area contributed by atoms with Crippen LogP contribution in [0.25, 0.3) is 0 Å². The first-order valence-corrected chi connectivity index (χ1v) is 11.9. The van der Waals surface area contributed by atoms with Gasteiger partial charge in [0.1, 0.15) is 13.2 Å². The highest BCUT2D eigenvalue weighted by molar-refractivity contribution is 5.24. The maximum Gasteiger partial charge on any atom is 0.286 e. The first-order chi connectivity index (χ1) is 13.8. The Morgan fingerprint density at radius 3 is 1.61 bits per heavy atom. The van der Waals surface area contributed by atoms with Crippen LogP contribution in [0.4, 0.5) is 0 Å². The number of ether oxygens (including phenoxy) is 2. The summed E-state index contributed by atoms with van der Waals surface area (Å²) < 4.78 is 9.41. The van der Waals surface area contributed by atoms with Crippen molar-refractivity contribution in [3.8, 4) is 12.5 Å². The zero-order valence-electron chi connectivity index (χ0n) is 17.8. The van der Waals surface area contributed by atoms with Gasteiger partial charge < -0.3 is 9.47 Å². The van der Waals surface area contributed by atoms with Crippen molar-refractivity contribution >= 4 is 0 Å². The molecule has 4 heteroatoms. The highest BCUT2D eigenvalue weighted by atomic mass is 16.5. The standard InChI is InChI=1S/C24H40N2O2/c25-20-27-17-13-9-6-4-2-1-3-5-7-11-15-22-23-19-24(22,23)16-12-8-10-14-18-28-21-26/h22-23H,1-19H2. The number of hydrogen-bond donors (Lipinski definition) is 0. The molecule has 0 aromatic heterocycles. The fourth-order valence-electron chi connectivity index (χ4n) is 5.14. The molecule has 28 heavy (non-hydrogen) atoms. The second kappa shape index (κ2) is 13.7. The topological polar surface area (TPSA) is 66.0 Å². The molecule has 0 bridgehead atoms. The van der Waals surface area contributed by atoms with Crippen molar-refractivity contribution in [3.63, 3.8) is 0 Å². The van der Waals surface area contributed by atoms with Crippen LogP contribution in [0.2, 0.25) is 0 Å². The van der Waals surface area contributed by atoms with Gasteiger partial charge >= 0.3 is 0 Å². The van der Waals surface area contributed by atoms with Gasteiger partial charge in [0, 0.05) is 0 Å². The number of rotatable bonds is 20. The third kappa shape index (κ3) is 8.30. The van der Waals surface area contributed by atoms with Crippen LogP contribution in [-0.2, 0) is 9.47 Å². The summed E-state index contributed by atoms with van der Waals surface area (Å²) in [5, 5.41) is 16.6. The van der Waals surface area contributed by atoms with Crippen molar-refractivity contribution in [2.45, 2.75) is 109 Å². The molecule has 4 nitrogen and oxygen atoms in total. The molecule has 0 radical (unpaired) electrons. The van der Waals surface area contributed by atoms with Crippen molar-refractivity contribution in [3.05, 3.63) is 0 Å². The van der Waals surface area contributed by atoms with E-state index in [1.54, 1.807) is 12.5 Å². The lowest BCUT2D eigenvalue weighted by atomic mass is 9.94. The van der Waals surface area contributed by atoms with Crippen LogP contribution < -0.4 is 0 Å². The number of nitrogens with zero attached hydrogens (tertiary/aromatic N) is 2. The van der Waals surface area contributed by atoms with E-state index < -0.39 is 0 Å². The molecular formula is C24H40N2O2. The summed E-state index contributed by atoms with van der Waals surface area (Å²) in [6.07, 6.45) is 26.2. The molecule has 0 spiro atoms. The van der Waals surface area contributed by atoms with Crippen LogP contribution in [0.3, 0.4) is 0 Å². The molecule has 0 aromatic rings. The molecule has 2 aliphatic rings. The summed E-state index contributed by atoms with van der Waals surface area (Å²) in [7, 11) is 0. The van der Waals surface area contributed by atoms with E-state index in [1.165, 1.54) is 96.3 Å². The summed E-state index contributed by atoms with van der Waals surface area (Å²) in [5.41, 5.74) is 0.807.